The first-order valence-electron chi connectivity index (χ1n) is 8.47. The molecule has 25 heavy (non-hydrogen) atoms. The molecule has 2 heterocycles. The lowest BCUT2D eigenvalue weighted by molar-refractivity contribution is 0.431. The van der Waals surface area contributed by atoms with Crippen LogP contribution in [0, 0.1) is 0 Å². The third kappa shape index (κ3) is 3.14. The van der Waals surface area contributed by atoms with Crippen molar-refractivity contribution in [3.05, 3.63) is 69.7 Å². The van der Waals surface area contributed by atoms with Gasteiger partial charge in [-0.15, -0.1) is 5.10 Å². The Morgan fingerprint density at radius 2 is 2.00 bits per heavy atom. The van der Waals surface area contributed by atoms with E-state index >= 15 is 0 Å². The number of aryl methyl sites for hydroxylation is 1. The van der Waals surface area contributed by atoms with Gasteiger partial charge >= 0.3 is 0 Å². The van der Waals surface area contributed by atoms with Crippen molar-refractivity contribution >= 4 is 27.8 Å². The Bertz CT molecular complexity index is 887. The molecule has 0 spiro atoms. The fourth-order valence-electron chi connectivity index (χ4n) is 3.39. The lowest BCUT2D eigenvalue weighted by Crippen LogP contribution is -2.28. The first-order valence-corrected chi connectivity index (χ1v) is 9.26. The van der Waals surface area contributed by atoms with Crippen molar-refractivity contribution in [1.29, 1.82) is 0 Å². The van der Waals surface area contributed by atoms with Gasteiger partial charge in [0.2, 0.25) is 11.9 Å². The summed E-state index contributed by atoms with van der Waals surface area (Å²) in [6.45, 7) is 2.17. The second-order valence-electron chi connectivity index (χ2n) is 6.34. The van der Waals surface area contributed by atoms with Gasteiger partial charge in [0.15, 0.2) is 0 Å². The van der Waals surface area contributed by atoms with Crippen LogP contribution in [0.25, 0.3) is 0 Å². The molecule has 0 saturated heterocycles. The Balaban J connectivity index is 1.73. The molecule has 6 heteroatoms. The molecule has 0 aliphatic carbocycles. The predicted octanol–water partition coefficient (Wildman–Crippen LogP) is 4.33. The topological polar surface area (TPSA) is 68.8 Å². The van der Waals surface area contributed by atoms with Crippen LogP contribution in [0.4, 0.5) is 11.9 Å². The Morgan fingerprint density at radius 1 is 1.20 bits per heavy atom. The minimum atomic E-state index is 0.0920. The maximum atomic E-state index is 5.86. The SMILES string of the molecule is CCc1ccc(C2CC(c3cccc(Br)c3)n3nc(N)nc3N2)cc1. The molecule has 1 aliphatic rings. The van der Waals surface area contributed by atoms with Gasteiger partial charge in [0.25, 0.3) is 0 Å². The van der Waals surface area contributed by atoms with Crippen LogP contribution in [0.5, 0.6) is 0 Å². The van der Waals surface area contributed by atoms with E-state index in [-0.39, 0.29) is 12.1 Å². The molecule has 2 unspecified atom stereocenters. The van der Waals surface area contributed by atoms with E-state index in [1.807, 2.05) is 16.8 Å². The minimum Gasteiger partial charge on any atom is -0.366 e. The molecule has 5 nitrogen and oxygen atoms in total. The van der Waals surface area contributed by atoms with Crippen LogP contribution in [0.2, 0.25) is 0 Å². The highest BCUT2D eigenvalue weighted by molar-refractivity contribution is 9.10. The molecule has 0 bridgehead atoms. The number of fused-ring (bicyclic) bond motifs is 1. The van der Waals surface area contributed by atoms with E-state index < -0.39 is 0 Å². The first kappa shape index (κ1) is 16.1. The molecule has 3 aromatic rings. The number of nitrogens with one attached hydrogen (secondary N) is 1. The van der Waals surface area contributed by atoms with Gasteiger partial charge in [-0.25, -0.2) is 4.68 Å². The third-order valence-corrected chi connectivity index (χ3v) is 5.22. The zero-order valence-electron chi connectivity index (χ0n) is 14.0. The van der Waals surface area contributed by atoms with Crippen LogP contribution in [-0.2, 0) is 6.42 Å². The van der Waals surface area contributed by atoms with Gasteiger partial charge in [-0.1, -0.05) is 59.3 Å². The minimum absolute atomic E-state index is 0.0920. The Hall–Kier alpha value is -2.34. The summed E-state index contributed by atoms with van der Waals surface area (Å²) in [5, 5.41) is 7.88. The second kappa shape index (κ2) is 6.52. The number of nitrogen functional groups attached to an aromatic ring is 1. The quantitative estimate of drug-likeness (QED) is 0.689. The lowest BCUT2D eigenvalue weighted by Gasteiger charge is -2.31. The highest BCUT2D eigenvalue weighted by atomic mass is 79.9. The van der Waals surface area contributed by atoms with Gasteiger partial charge < -0.3 is 11.1 Å². The van der Waals surface area contributed by atoms with Gasteiger partial charge in [0.1, 0.15) is 0 Å². The van der Waals surface area contributed by atoms with Gasteiger partial charge in [-0.3, -0.25) is 0 Å². The average Bonchev–Trinajstić information content (AvgIpc) is 3.01. The van der Waals surface area contributed by atoms with E-state index in [0.717, 1.165) is 23.3 Å². The lowest BCUT2D eigenvalue weighted by atomic mass is 9.93. The molecule has 2 aromatic carbocycles. The standard InChI is InChI=1S/C19H20BrN5/c1-2-12-6-8-13(9-7-12)16-11-17(14-4-3-5-15(20)10-14)25-19(22-16)23-18(21)24-25/h3-10,16-17H,2,11H2,1H3,(H3,21,22,23,24). The molecule has 0 saturated carbocycles. The molecule has 4 rings (SSSR count). The van der Waals surface area contributed by atoms with Gasteiger partial charge in [0, 0.05) is 4.47 Å². The molecular formula is C19H20BrN5. The molecule has 2 atom stereocenters. The number of aromatic nitrogens is 3. The van der Waals surface area contributed by atoms with Crippen LogP contribution in [0.3, 0.4) is 0 Å². The van der Waals surface area contributed by atoms with Crippen LogP contribution in [-0.4, -0.2) is 14.8 Å². The van der Waals surface area contributed by atoms with E-state index in [0.29, 0.717) is 5.95 Å². The van der Waals surface area contributed by atoms with E-state index in [1.54, 1.807) is 0 Å². The van der Waals surface area contributed by atoms with Crippen molar-refractivity contribution in [3.63, 3.8) is 0 Å². The summed E-state index contributed by atoms with van der Waals surface area (Å²) in [6, 6.07) is 17.4. The molecule has 0 radical (unpaired) electrons. The molecule has 0 fully saturated rings. The number of anilines is 2. The van der Waals surface area contributed by atoms with Crippen molar-refractivity contribution < 1.29 is 0 Å². The van der Waals surface area contributed by atoms with Crippen molar-refractivity contribution in [2.45, 2.75) is 31.8 Å². The van der Waals surface area contributed by atoms with Crippen molar-refractivity contribution in [2.24, 2.45) is 0 Å². The van der Waals surface area contributed by atoms with E-state index in [4.69, 9.17) is 5.73 Å². The summed E-state index contributed by atoms with van der Waals surface area (Å²) in [4.78, 5) is 4.37. The van der Waals surface area contributed by atoms with Crippen LogP contribution in [0.15, 0.2) is 53.0 Å². The number of benzene rings is 2. The van der Waals surface area contributed by atoms with Gasteiger partial charge in [-0.2, -0.15) is 4.98 Å². The molecule has 3 N–H and O–H groups in total. The van der Waals surface area contributed by atoms with E-state index in [2.05, 4.69) is 74.7 Å². The van der Waals surface area contributed by atoms with Crippen molar-refractivity contribution in [3.8, 4) is 0 Å². The number of rotatable bonds is 3. The number of nitrogens with two attached hydrogens (primary N) is 1. The smallest absolute Gasteiger partial charge is 0.241 e. The number of halogens is 1. The molecule has 1 aromatic heterocycles. The van der Waals surface area contributed by atoms with Crippen LogP contribution < -0.4 is 11.1 Å². The summed E-state index contributed by atoms with van der Waals surface area (Å²) in [7, 11) is 0. The molecule has 1 aliphatic heterocycles. The fourth-order valence-corrected chi connectivity index (χ4v) is 3.81. The summed E-state index contributed by atoms with van der Waals surface area (Å²) >= 11 is 3.56. The zero-order chi connectivity index (χ0) is 17.4. The van der Waals surface area contributed by atoms with E-state index in [1.165, 1.54) is 16.7 Å². The van der Waals surface area contributed by atoms with Crippen molar-refractivity contribution in [1.82, 2.24) is 14.8 Å². The van der Waals surface area contributed by atoms with E-state index in [9.17, 15) is 0 Å². The zero-order valence-corrected chi connectivity index (χ0v) is 15.6. The normalized spacial score (nSPS) is 19.3. The summed E-state index contributed by atoms with van der Waals surface area (Å²) < 4.78 is 2.95. The first-order chi connectivity index (χ1) is 12.1. The predicted molar refractivity (Wildman–Crippen MR) is 104 cm³/mol. The number of hydrogen-bond donors (Lipinski definition) is 2. The van der Waals surface area contributed by atoms with Gasteiger partial charge in [-0.05, 0) is 41.7 Å². The summed E-state index contributed by atoms with van der Waals surface area (Å²) in [6.07, 6.45) is 1.93. The van der Waals surface area contributed by atoms with Crippen LogP contribution in [0.1, 0.15) is 42.1 Å². The van der Waals surface area contributed by atoms with Crippen LogP contribution >= 0.6 is 15.9 Å². The summed E-state index contributed by atoms with van der Waals surface area (Å²) in [5.74, 6) is 1.02. The second-order valence-corrected chi connectivity index (χ2v) is 7.25. The largest absolute Gasteiger partial charge is 0.366 e. The monoisotopic (exact) mass is 397 g/mol. The number of hydrogen-bond acceptors (Lipinski definition) is 4. The summed E-state index contributed by atoms with van der Waals surface area (Å²) in [5.41, 5.74) is 9.65. The van der Waals surface area contributed by atoms with Crippen molar-refractivity contribution in [2.75, 3.05) is 11.1 Å². The Labute approximate surface area is 155 Å². The number of nitrogens with zero attached hydrogens (tertiary/aromatic N) is 3. The van der Waals surface area contributed by atoms with Gasteiger partial charge in [0.05, 0.1) is 12.1 Å². The average molecular weight is 398 g/mol. The highest BCUT2D eigenvalue weighted by Gasteiger charge is 2.30. The molecule has 128 valence electrons. The molecular weight excluding hydrogens is 378 g/mol. The third-order valence-electron chi connectivity index (χ3n) is 4.73. The fraction of sp³-hybridized carbons (Fsp3) is 0.263. The maximum absolute atomic E-state index is 5.86. The maximum Gasteiger partial charge on any atom is 0.241 e. The Kier molecular flexibility index (Phi) is 4.21. The Morgan fingerprint density at radius 3 is 2.72 bits per heavy atom. The highest BCUT2D eigenvalue weighted by Crippen LogP contribution is 2.38. The molecule has 0 amide bonds.